The van der Waals surface area contributed by atoms with Crippen LogP contribution in [0.2, 0.25) is 5.02 Å². The number of nitrogens with zero attached hydrogens (tertiary/aromatic N) is 2. The monoisotopic (exact) mass is 352 g/mol. The molecule has 1 saturated carbocycles. The lowest BCUT2D eigenvalue weighted by molar-refractivity contribution is -0.384. The summed E-state index contributed by atoms with van der Waals surface area (Å²) in [6.07, 6.45) is 6.16. The van der Waals surface area contributed by atoms with Gasteiger partial charge in [0.05, 0.1) is 9.95 Å². The second-order valence-corrected chi connectivity index (χ2v) is 7.00. The maximum atomic E-state index is 12.4. The van der Waals surface area contributed by atoms with E-state index in [4.69, 9.17) is 16.3 Å². The summed E-state index contributed by atoms with van der Waals surface area (Å²) in [4.78, 5) is 24.4. The van der Waals surface area contributed by atoms with Crippen LogP contribution in [0, 0.1) is 22.0 Å². The minimum Gasteiger partial charge on any atom is -0.482 e. The van der Waals surface area contributed by atoms with Gasteiger partial charge in [-0.1, -0.05) is 30.9 Å². The number of hydrogen-bond acceptors (Lipinski definition) is 4. The van der Waals surface area contributed by atoms with Gasteiger partial charge < -0.3 is 9.64 Å². The zero-order valence-electron chi connectivity index (χ0n) is 13.4. The number of non-ortho nitro benzene ring substituents is 1. The Balaban J connectivity index is 1.55. The Hall–Kier alpha value is -1.82. The van der Waals surface area contributed by atoms with Crippen molar-refractivity contribution in [3.63, 3.8) is 0 Å². The molecule has 6 nitrogen and oxygen atoms in total. The summed E-state index contributed by atoms with van der Waals surface area (Å²) in [5.41, 5.74) is -0.0990. The number of benzene rings is 1. The van der Waals surface area contributed by atoms with Crippen molar-refractivity contribution in [3.8, 4) is 5.75 Å². The summed E-state index contributed by atoms with van der Waals surface area (Å²) in [7, 11) is 0. The molecule has 7 heteroatoms. The van der Waals surface area contributed by atoms with E-state index in [2.05, 4.69) is 0 Å². The minimum absolute atomic E-state index is 0.0477. The Labute approximate surface area is 145 Å². The number of likely N-dealkylation sites (tertiary alicyclic amines) is 1. The SMILES string of the molecule is O=C(COc1ccc([N+](=O)[O-])cc1Cl)N1CC[C@@H]2CCCC[C@@H]2C1. The number of nitro benzene ring substituents is 1. The number of rotatable bonds is 4. The molecule has 2 aliphatic rings. The van der Waals surface area contributed by atoms with Crippen molar-refractivity contribution >= 4 is 23.2 Å². The number of carbonyl (C=O) groups excluding carboxylic acids is 1. The first-order valence-electron chi connectivity index (χ1n) is 8.39. The highest BCUT2D eigenvalue weighted by Crippen LogP contribution is 2.36. The third-order valence-corrected chi connectivity index (χ3v) is 5.42. The van der Waals surface area contributed by atoms with Crippen LogP contribution in [0.1, 0.15) is 32.1 Å². The van der Waals surface area contributed by atoms with E-state index in [9.17, 15) is 14.9 Å². The molecule has 0 aromatic heterocycles. The van der Waals surface area contributed by atoms with Crippen molar-refractivity contribution in [2.24, 2.45) is 11.8 Å². The molecular weight excluding hydrogens is 332 g/mol. The molecule has 1 aromatic carbocycles. The quantitative estimate of drug-likeness (QED) is 0.612. The topological polar surface area (TPSA) is 72.7 Å². The molecule has 3 rings (SSSR count). The largest absolute Gasteiger partial charge is 0.482 e. The van der Waals surface area contributed by atoms with Crippen molar-refractivity contribution in [2.45, 2.75) is 32.1 Å². The summed E-state index contributed by atoms with van der Waals surface area (Å²) < 4.78 is 5.48. The van der Waals surface area contributed by atoms with Crippen LogP contribution in [0.5, 0.6) is 5.75 Å². The van der Waals surface area contributed by atoms with E-state index in [1.54, 1.807) is 0 Å². The van der Waals surface area contributed by atoms with Crippen molar-refractivity contribution < 1.29 is 14.5 Å². The molecule has 0 bridgehead atoms. The minimum atomic E-state index is -0.519. The average molecular weight is 353 g/mol. The van der Waals surface area contributed by atoms with Gasteiger partial charge in [-0.3, -0.25) is 14.9 Å². The van der Waals surface area contributed by atoms with E-state index in [0.717, 1.165) is 25.4 Å². The summed E-state index contributed by atoms with van der Waals surface area (Å²) in [5, 5.41) is 10.8. The number of amides is 1. The number of nitro groups is 1. The van der Waals surface area contributed by atoms with Gasteiger partial charge in [-0.25, -0.2) is 0 Å². The van der Waals surface area contributed by atoms with E-state index < -0.39 is 4.92 Å². The molecule has 24 heavy (non-hydrogen) atoms. The Morgan fingerprint density at radius 1 is 1.29 bits per heavy atom. The van der Waals surface area contributed by atoms with E-state index in [1.165, 1.54) is 43.9 Å². The summed E-state index contributed by atoms with van der Waals surface area (Å²) in [5.74, 6) is 1.64. The number of piperidine rings is 1. The Morgan fingerprint density at radius 3 is 2.75 bits per heavy atom. The summed E-state index contributed by atoms with van der Waals surface area (Å²) >= 11 is 5.98. The van der Waals surface area contributed by atoms with Crippen LogP contribution >= 0.6 is 11.6 Å². The van der Waals surface area contributed by atoms with Gasteiger partial charge in [-0.15, -0.1) is 0 Å². The molecule has 0 N–H and O–H groups in total. The van der Waals surface area contributed by atoms with Gasteiger partial charge in [-0.2, -0.15) is 0 Å². The summed E-state index contributed by atoms with van der Waals surface area (Å²) in [6, 6.07) is 3.98. The van der Waals surface area contributed by atoms with Gasteiger partial charge in [0.25, 0.3) is 11.6 Å². The lowest BCUT2D eigenvalue weighted by Gasteiger charge is -2.41. The predicted octanol–water partition coefficient (Wildman–Crippen LogP) is 3.67. The van der Waals surface area contributed by atoms with Crippen LogP contribution in [0.25, 0.3) is 0 Å². The van der Waals surface area contributed by atoms with Crippen LogP contribution in [-0.4, -0.2) is 35.4 Å². The fraction of sp³-hybridized carbons (Fsp3) is 0.588. The van der Waals surface area contributed by atoms with Gasteiger partial charge in [0, 0.05) is 25.2 Å². The van der Waals surface area contributed by atoms with Crippen LogP contribution in [-0.2, 0) is 4.79 Å². The molecule has 2 fully saturated rings. The molecule has 1 aromatic rings. The summed E-state index contributed by atoms with van der Waals surface area (Å²) in [6.45, 7) is 1.52. The molecule has 1 saturated heterocycles. The predicted molar refractivity (Wildman–Crippen MR) is 90.2 cm³/mol. The number of carbonyl (C=O) groups is 1. The molecule has 1 heterocycles. The van der Waals surface area contributed by atoms with Crippen molar-refractivity contribution in [1.29, 1.82) is 0 Å². The second-order valence-electron chi connectivity index (χ2n) is 6.59. The highest BCUT2D eigenvalue weighted by molar-refractivity contribution is 6.32. The molecule has 1 aliphatic heterocycles. The molecule has 1 amide bonds. The maximum absolute atomic E-state index is 12.4. The Morgan fingerprint density at radius 2 is 2.04 bits per heavy atom. The highest BCUT2D eigenvalue weighted by Gasteiger charge is 2.32. The van der Waals surface area contributed by atoms with Crippen LogP contribution < -0.4 is 4.74 Å². The number of fused-ring (bicyclic) bond motifs is 1. The number of ether oxygens (including phenoxy) is 1. The van der Waals surface area contributed by atoms with Crippen LogP contribution in [0.15, 0.2) is 18.2 Å². The van der Waals surface area contributed by atoms with Gasteiger partial charge in [0.15, 0.2) is 6.61 Å². The highest BCUT2D eigenvalue weighted by atomic mass is 35.5. The lowest BCUT2D eigenvalue weighted by atomic mass is 9.75. The van der Waals surface area contributed by atoms with Crippen LogP contribution in [0.4, 0.5) is 5.69 Å². The third-order valence-electron chi connectivity index (χ3n) is 5.12. The fourth-order valence-corrected chi connectivity index (χ4v) is 4.01. The standard InChI is InChI=1S/C17H21ClN2O4/c18-15-9-14(20(22)23)5-6-16(15)24-11-17(21)19-8-7-12-3-1-2-4-13(12)10-19/h5-6,9,12-13H,1-4,7-8,10-11H2/t12-,13+/m0/s1. The molecule has 2 atom stereocenters. The molecule has 0 spiro atoms. The zero-order chi connectivity index (χ0) is 17.1. The second kappa shape index (κ2) is 7.38. The number of halogens is 1. The molecule has 0 unspecified atom stereocenters. The maximum Gasteiger partial charge on any atom is 0.271 e. The van der Waals surface area contributed by atoms with Gasteiger partial charge in [0.2, 0.25) is 0 Å². The van der Waals surface area contributed by atoms with Crippen LogP contribution in [0.3, 0.4) is 0 Å². The van der Waals surface area contributed by atoms with E-state index >= 15 is 0 Å². The first-order chi connectivity index (χ1) is 11.5. The smallest absolute Gasteiger partial charge is 0.271 e. The van der Waals surface area contributed by atoms with E-state index in [-0.39, 0.29) is 23.2 Å². The van der Waals surface area contributed by atoms with Crippen molar-refractivity contribution in [1.82, 2.24) is 4.90 Å². The molecule has 1 aliphatic carbocycles. The Kier molecular flexibility index (Phi) is 5.23. The van der Waals surface area contributed by atoms with Crippen molar-refractivity contribution in [3.05, 3.63) is 33.3 Å². The van der Waals surface area contributed by atoms with E-state index in [0.29, 0.717) is 11.7 Å². The normalized spacial score (nSPS) is 23.5. The fourth-order valence-electron chi connectivity index (χ4n) is 3.78. The number of hydrogen-bond donors (Lipinski definition) is 0. The average Bonchev–Trinajstić information content (AvgIpc) is 2.59. The van der Waals surface area contributed by atoms with Gasteiger partial charge in [0.1, 0.15) is 5.75 Å². The first kappa shape index (κ1) is 17.0. The first-order valence-corrected chi connectivity index (χ1v) is 8.77. The molecule has 0 radical (unpaired) electrons. The Bertz CT molecular complexity index is 637. The third kappa shape index (κ3) is 3.80. The van der Waals surface area contributed by atoms with E-state index in [1.807, 2.05) is 4.90 Å². The zero-order valence-corrected chi connectivity index (χ0v) is 14.2. The van der Waals surface area contributed by atoms with Gasteiger partial charge in [-0.05, 0) is 30.7 Å². The lowest BCUT2D eigenvalue weighted by Crippen LogP contribution is -2.46. The molecule has 130 valence electrons. The van der Waals surface area contributed by atoms with Crippen molar-refractivity contribution in [2.75, 3.05) is 19.7 Å². The molecular formula is C17H21ClN2O4. The van der Waals surface area contributed by atoms with Gasteiger partial charge >= 0.3 is 0 Å².